The summed E-state index contributed by atoms with van der Waals surface area (Å²) in [5.74, 6) is 1.49. The molecule has 2 aromatic carbocycles. The smallest absolute Gasteiger partial charge is 0.497 e. The Morgan fingerprint density at radius 3 is 2.65 bits per heavy atom. The monoisotopic (exact) mass is 520 g/mol. The largest absolute Gasteiger partial charge is 0.592 e. The van der Waals surface area contributed by atoms with Gasteiger partial charge in [-0.3, -0.25) is 4.62 Å². The van der Waals surface area contributed by atoms with Crippen LogP contribution in [0, 0.1) is 0 Å². The summed E-state index contributed by atoms with van der Waals surface area (Å²) in [6, 6.07) is 15.5. The van der Waals surface area contributed by atoms with Gasteiger partial charge in [0.15, 0.2) is 6.79 Å². The maximum Gasteiger partial charge on any atom is 0.592 e. The van der Waals surface area contributed by atoms with E-state index in [0.29, 0.717) is 12.3 Å². The average Bonchev–Trinajstić information content (AvgIpc) is 2.80. The Morgan fingerprint density at radius 2 is 1.94 bits per heavy atom. The van der Waals surface area contributed by atoms with Gasteiger partial charge in [0.2, 0.25) is 0 Å². The number of oxime groups is 1. The highest BCUT2D eigenvalue weighted by atomic mass is 35.5. The van der Waals surface area contributed by atoms with E-state index in [2.05, 4.69) is 14.3 Å². The molecule has 0 bridgehead atoms. The first kappa shape index (κ1) is 28.0. The fourth-order valence-corrected chi connectivity index (χ4v) is 3.48. The van der Waals surface area contributed by atoms with Crippen LogP contribution in [0.4, 0.5) is 8.59 Å². The molecule has 0 aliphatic carbocycles. The number of ether oxygens (including phenoxy) is 3. The van der Waals surface area contributed by atoms with Crippen LogP contribution in [0.5, 0.6) is 11.5 Å². The molecule has 0 saturated heterocycles. The van der Waals surface area contributed by atoms with E-state index in [1.165, 1.54) is 0 Å². The SMILES string of the molecule is COc1cccc(CCc2ccccc2OCC(CN(C)C)OCO[P@@](=O)(F)O/N=C(\F)Cl)c1. The van der Waals surface area contributed by atoms with Gasteiger partial charge in [-0.2, -0.15) is 4.39 Å². The molecule has 2 atom stereocenters. The predicted molar refractivity (Wildman–Crippen MR) is 126 cm³/mol. The van der Waals surface area contributed by atoms with Crippen LogP contribution in [0.2, 0.25) is 0 Å². The fourth-order valence-electron chi connectivity index (χ4n) is 2.99. The molecule has 0 aliphatic heterocycles. The van der Waals surface area contributed by atoms with E-state index in [-0.39, 0.29) is 6.61 Å². The molecular weight excluding hydrogens is 493 g/mol. The number of aryl methyl sites for hydroxylation is 2. The third-order valence-corrected chi connectivity index (χ3v) is 5.26. The number of halogens is 3. The zero-order valence-corrected chi connectivity index (χ0v) is 20.8. The van der Waals surface area contributed by atoms with E-state index in [1.54, 1.807) is 7.11 Å². The van der Waals surface area contributed by atoms with Crippen LogP contribution in [-0.2, 0) is 31.3 Å². The number of nitrogens with zero attached hydrogens (tertiary/aromatic N) is 2. The molecule has 12 heteroatoms. The van der Waals surface area contributed by atoms with Crippen molar-refractivity contribution in [2.24, 2.45) is 5.16 Å². The van der Waals surface area contributed by atoms with Crippen molar-refractivity contribution in [3.8, 4) is 11.5 Å². The summed E-state index contributed by atoms with van der Waals surface area (Å²) in [4.78, 5) is 1.83. The normalized spacial score (nSPS) is 14.5. The average molecular weight is 521 g/mol. The predicted octanol–water partition coefficient (Wildman–Crippen LogP) is 5.35. The Balaban J connectivity index is 1.94. The Morgan fingerprint density at radius 1 is 1.18 bits per heavy atom. The first-order valence-electron chi connectivity index (χ1n) is 10.3. The van der Waals surface area contributed by atoms with Gasteiger partial charge in [0.05, 0.1) is 7.11 Å². The lowest BCUT2D eigenvalue weighted by Gasteiger charge is -2.22. The van der Waals surface area contributed by atoms with Crippen LogP contribution in [0.1, 0.15) is 11.1 Å². The highest BCUT2D eigenvalue weighted by molar-refractivity contribution is 7.48. The maximum atomic E-state index is 13.6. The second-order valence-electron chi connectivity index (χ2n) is 7.41. The molecule has 0 N–H and O–H groups in total. The van der Waals surface area contributed by atoms with Gasteiger partial charge in [-0.15, -0.1) is 4.20 Å². The molecular formula is C22H28ClF2N2O6P. The maximum absolute atomic E-state index is 13.6. The number of likely N-dealkylation sites (N-methyl/N-ethyl adjacent to an activating group) is 1. The minimum atomic E-state index is -5.17. The van der Waals surface area contributed by atoms with Gasteiger partial charge < -0.3 is 19.1 Å². The summed E-state index contributed by atoms with van der Waals surface area (Å²) in [5, 5.41) is 2.43. The van der Waals surface area contributed by atoms with Crippen LogP contribution in [0.15, 0.2) is 53.7 Å². The molecule has 0 saturated carbocycles. The number of benzene rings is 2. The second kappa shape index (κ2) is 14.2. The Labute approximate surface area is 203 Å². The topological polar surface area (TPSA) is 78.8 Å². The lowest BCUT2D eigenvalue weighted by molar-refractivity contribution is -0.0685. The lowest BCUT2D eigenvalue weighted by atomic mass is 10.0. The summed E-state index contributed by atoms with van der Waals surface area (Å²) < 4.78 is 62.2. The van der Waals surface area contributed by atoms with Gasteiger partial charge in [-0.05, 0) is 73.0 Å². The zero-order chi connectivity index (χ0) is 25.0. The van der Waals surface area contributed by atoms with Gasteiger partial charge >= 0.3 is 13.3 Å². The summed E-state index contributed by atoms with van der Waals surface area (Å²) in [5.41, 5.74) is 0.524. The van der Waals surface area contributed by atoms with Crippen LogP contribution in [0.3, 0.4) is 0 Å². The summed E-state index contributed by atoms with van der Waals surface area (Å²) in [6.45, 7) is -0.211. The summed E-state index contributed by atoms with van der Waals surface area (Å²) in [6.07, 6.45) is 0.973. The molecule has 0 fully saturated rings. The van der Waals surface area contributed by atoms with Crippen molar-refractivity contribution in [2.45, 2.75) is 18.9 Å². The number of hydrogen-bond acceptors (Lipinski definition) is 8. The van der Waals surface area contributed by atoms with Crippen LogP contribution < -0.4 is 9.47 Å². The molecule has 0 aliphatic rings. The Bertz CT molecular complexity index is 978. The molecule has 0 radical (unpaired) electrons. The quantitative estimate of drug-likeness (QED) is 0.135. The van der Waals surface area contributed by atoms with Gasteiger partial charge in [0, 0.05) is 6.54 Å². The summed E-state index contributed by atoms with van der Waals surface area (Å²) in [7, 11) is 0.105. The van der Waals surface area contributed by atoms with Crippen molar-refractivity contribution in [1.82, 2.24) is 4.90 Å². The molecule has 2 rings (SSSR count). The Hall–Kier alpha value is -2.23. The van der Waals surface area contributed by atoms with Crippen molar-refractivity contribution < 1.29 is 36.5 Å². The molecule has 188 valence electrons. The Kier molecular flexibility index (Phi) is 11.7. The molecule has 0 aromatic heterocycles. The molecule has 1 unspecified atom stereocenters. The van der Waals surface area contributed by atoms with Crippen molar-refractivity contribution in [3.05, 3.63) is 59.7 Å². The van der Waals surface area contributed by atoms with Crippen molar-refractivity contribution in [3.63, 3.8) is 0 Å². The van der Waals surface area contributed by atoms with Gasteiger partial charge in [0.25, 0.3) is 0 Å². The van der Waals surface area contributed by atoms with E-state index >= 15 is 0 Å². The standard InChI is InChI=1S/C22H28ClF2N2O6P/c1-27(2)14-20(31-16-32-34(25,28)33-26-22(23)24)15-30-21-10-5-4-8-18(21)12-11-17-7-6-9-19(13-17)29-3/h4-10,13,20H,11-12,14-16H2,1-3H3/b26-22-/t20?,34-/m0/s1. The molecule has 0 heterocycles. The minimum absolute atomic E-state index is 0.115. The zero-order valence-electron chi connectivity index (χ0n) is 19.2. The van der Waals surface area contributed by atoms with E-state index in [9.17, 15) is 13.2 Å². The number of methoxy groups -OCH3 is 1. The lowest BCUT2D eigenvalue weighted by Crippen LogP contribution is -2.34. The number of para-hydroxylation sites is 1. The molecule has 2 aromatic rings. The third-order valence-electron chi connectivity index (χ3n) is 4.50. The fraction of sp³-hybridized carbons (Fsp3) is 0.409. The summed E-state index contributed by atoms with van der Waals surface area (Å²) >= 11 is 4.76. The van der Waals surface area contributed by atoms with E-state index in [4.69, 9.17) is 25.8 Å². The molecule has 34 heavy (non-hydrogen) atoms. The second-order valence-corrected chi connectivity index (χ2v) is 9.01. The molecule has 0 amide bonds. The number of rotatable bonds is 15. The van der Waals surface area contributed by atoms with Gasteiger partial charge in [0.1, 0.15) is 24.2 Å². The van der Waals surface area contributed by atoms with Crippen LogP contribution >= 0.6 is 19.5 Å². The van der Waals surface area contributed by atoms with E-state index in [0.717, 1.165) is 29.7 Å². The highest BCUT2D eigenvalue weighted by Crippen LogP contribution is 2.50. The molecule has 0 spiro atoms. The highest BCUT2D eigenvalue weighted by Gasteiger charge is 2.27. The van der Waals surface area contributed by atoms with E-state index in [1.807, 2.05) is 67.5 Å². The first-order valence-corrected chi connectivity index (χ1v) is 12.1. The molecule has 8 nitrogen and oxygen atoms in total. The van der Waals surface area contributed by atoms with Gasteiger partial charge in [-0.25, -0.2) is 9.09 Å². The number of hydrogen-bond donors (Lipinski definition) is 0. The van der Waals surface area contributed by atoms with Crippen molar-refractivity contribution in [1.29, 1.82) is 0 Å². The van der Waals surface area contributed by atoms with Crippen LogP contribution in [-0.4, -0.2) is 57.6 Å². The minimum Gasteiger partial charge on any atom is -0.497 e. The van der Waals surface area contributed by atoms with Crippen LogP contribution in [0.25, 0.3) is 0 Å². The van der Waals surface area contributed by atoms with Gasteiger partial charge in [-0.1, -0.05) is 30.3 Å². The van der Waals surface area contributed by atoms with Crippen molar-refractivity contribution in [2.75, 3.05) is 41.1 Å². The van der Waals surface area contributed by atoms with Crippen molar-refractivity contribution >= 4 is 24.9 Å². The first-order chi connectivity index (χ1) is 16.2. The third kappa shape index (κ3) is 10.8. The van der Waals surface area contributed by atoms with E-state index < -0.39 is 26.2 Å².